The lowest BCUT2D eigenvalue weighted by atomic mass is 9.93. The Labute approximate surface area is 200 Å². The molecule has 0 radical (unpaired) electrons. The summed E-state index contributed by atoms with van der Waals surface area (Å²) < 4.78 is 34.5. The van der Waals surface area contributed by atoms with Crippen LogP contribution in [0.2, 0.25) is 0 Å². The van der Waals surface area contributed by atoms with E-state index in [1.54, 1.807) is 24.3 Å². The van der Waals surface area contributed by atoms with E-state index < -0.39 is 10.0 Å². The lowest BCUT2D eigenvalue weighted by molar-refractivity contribution is -0.118. The van der Waals surface area contributed by atoms with Crippen LogP contribution in [0.3, 0.4) is 0 Å². The molecule has 176 valence electrons. The van der Waals surface area contributed by atoms with Gasteiger partial charge in [0.25, 0.3) is 5.91 Å². The third kappa shape index (κ3) is 5.00. The summed E-state index contributed by atoms with van der Waals surface area (Å²) in [7, 11) is -3.56. The first-order valence-corrected chi connectivity index (χ1v) is 13.1. The van der Waals surface area contributed by atoms with Crippen LogP contribution in [0.1, 0.15) is 24.0 Å². The van der Waals surface area contributed by atoms with Crippen LogP contribution in [0, 0.1) is 11.8 Å². The summed E-state index contributed by atoms with van der Waals surface area (Å²) in [6.45, 7) is -0.0604. The van der Waals surface area contributed by atoms with E-state index >= 15 is 0 Å². The fourth-order valence-corrected chi connectivity index (χ4v) is 6.58. The summed E-state index contributed by atoms with van der Waals surface area (Å²) in [5, 5.41) is 2.92. The van der Waals surface area contributed by atoms with Crippen molar-refractivity contribution in [1.29, 1.82) is 0 Å². The van der Waals surface area contributed by atoms with Gasteiger partial charge in [-0.25, -0.2) is 13.1 Å². The number of fused-ring (bicyclic) bond motifs is 3. The minimum absolute atomic E-state index is 0.0604. The second kappa shape index (κ2) is 9.60. The molecule has 7 heteroatoms. The number of para-hydroxylation sites is 1. The molecule has 1 amide bonds. The quantitative estimate of drug-likeness (QED) is 0.536. The van der Waals surface area contributed by atoms with Crippen molar-refractivity contribution in [1.82, 2.24) is 4.72 Å². The van der Waals surface area contributed by atoms with Crippen LogP contribution < -0.4 is 14.8 Å². The van der Waals surface area contributed by atoms with E-state index in [2.05, 4.69) is 16.1 Å². The Hall–Kier alpha value is -3.16. The van der Waals surface area contributed by atoms with E-state index in [4.69, 9.17) is 4.74 Å². The lowest BCUT2D eigenvalue weighted by Gasteiger charge is -2.23. The largest absolute Gasteiger partial charge is 0.484 e. The fraction of sp³-hybridized carbons (Fsp3) is 0.296. The van der Waals surface area contributed by atoms with Crippen molar-refractivity contribution >= 4 is 21.6 Å². The predicted molar refractivity (Wildman–Crippen MR) is 131 cm³/mol. The fourth-order valence-electron chi connectivity index (χ4n) is 5.19. The minimum atomic E-state index is -3.56. The highest BCUT2D eigenvalue weighted by Crippen LogP contribution is 2.41. The molecule has 3 aromatic rings. The van der Waals surface area contributed by atoms with Gasteiger partial charge in [0, 0.05) is 11.7 Å². The summed E-state index contributed by atoms with van der Waals surface area (Å²) in [6, 6.07) is 23.7. The second-order valence-electron chi connectivity index (χ2n) is 9.10. The predicted octanol–water partition coefficient (Wildman–Crippen LogP) is 4.18. The van der Waals surface area contributed by atoms with Crippen LogP contribution >= 0.6 is 0 Å². The van der Waals surface area contributed by atoms with Crippen LogP contribution in [-0.2, 0) is 27.7 Å². The summed E-state index contributed by atoms with van der Waals surface area (Å²) in [5.41, 5.74) is 3.15. The summed E-state index contributed by atoms with van der Waals surface area (Å²) >= 11 is 0. The molecule has 34 heavy (non-hydrogen) atoms. The van der Waals surface area contributed by atoms with Gasteiger partial charge < -0.3 is 10.1 Å². The Kier molecular flexibility index (Phi) is 6.39. The number of rotatable bonds is 7. The molecule has 5 rings (SSSR count). The van der Waals surface area contributed by atoms with Crippen LogP contribution in [-0.4, -0.2) is 27.0 Å². The number of hydrogen-bond donors (Lipinski definition) is 2. The Balaban J connectivity index is 1.26. The molecule has 0 spiro atoms. The third-order valence-electron chi connectivity index (χ3n) is 6.84. The summed E-state index contributed by atoms with van der Waals surface area (Å²) in [4.78, 5) is 12.7. The molecule has 1 fully saturated rings. The monoisotopic (exact) mass is 476 g/mol. The maximum Gasteiger partial charge on any atom is 0.262 e. The van der Waals surface area contributed by atoms with Crippen LogP contribution in [0.4, 0.5) is 5.69 Å². The number of amides is 1. The van der Waals surface area contributed by atoms with Crippen molar-refractivity contribution in [3.63, 3.8) is 0 Å². The Morgan fingerprint density at radius 3 is 2.21 bits per heavy atom. The van der Waals surface area contributed by atoms with Gasteiger partial charge in [0.15, 0.2) is 6.61 Å². The third-order valence-corrected chi connectivity index (χ3v) is 8.31. The van der Waals surface area contributed by atoms with Gasteiger partial charge in [0.2, 0.25) is 10.0 Å². The van der Waals surface area contributed by atoms with Gasteiger partial charge in [-0.1, -0.05) is 42.5 Å². The topological polar surface area (TPSA) is 84.5 Å². The molecule has 0 aromatic heterocycles. The lowest BCUT2D eigenvalue weighted by Crippen LogP contribution is -2.41. The Bertz CT molecular complexity index is 1260. The zero-order valence-electron chi connectivity index (χ0n) is 18.8. The highest BCUT2D eigenvalue weighted by Gasteiger charge is 2.41. The molecule has 3 aromatic carbocycles. The number of carbonyl (C=O) groups excluding carboxylic acids is 1. The first-order chi connectivity index (χ1) is 16.5. The molecule has 2 aliphatic rings. The Morgan fingerprint density at radius 2 is 1.50 bits per heavy atom. The van der Waals surface area contributed by atoms with Crippen LogP contribution in [0.5, 0.6) is 5.75 Å². The van der Waals surface area contributed by atoms with E-state index in [1.807, 2.05) is 48.5 Å². The number of anilines is 1. The highest BCUT2D eigenvalue weighted by molar-refractivity contribution is 7.89. The van der Waals surface area contributed by atoms with E-state index in [0.29, 0.717) is 10.6 Å². The van der Waals surface area contributed by atoms with Crippen molar-refractivity contribution in [2.75, 3.05) is 11.9 Å². The second-order valence-corrected chi connectivity index (χ2v) is 10.8. The Morgan fingerprint density at radius 1 is 0.853 bits per heavy atom. The van der Waals surface area contributed by atoms with Crippen molar-refractivity contribution in [3.8, 4) is 5.75 Å². The van der Waals surface area contributed by atoms with Crippen molar-refractivity contribution < 1.29 is 17.9 Å². The van der Waals surface area contributed by atoms with E-state index in [9.17, 15) is 13.2 Å². The first kappa shape index (κ1) is 22.6. The number of sulfonamides is 1. The van der Waals surface area contributed by atoms with Gasteiger partial charge in [-0.3, -0.25) is 4.79 Å². The molecule has 0 aliphatic heterocycles. The zero-order valence-corrected chi connectivity index (χ0v) is 19.6. The first-order valence-electron chi connectivity index (χ1n) is 11.6. The molecular weight excluding hydrogens is 448 g/mol. The molecule has 2 bridgehead atoms. The average Bonchev–Trinajstić information content (AvgIpc) is 3.12. The van der Waals surface area contributed by atoms with Gasteiger partial charge in [-0.15, -0.1) is 0 Å². The van der Waals surface area contributed by atoms with E-state index in [0.717, 1.165) is 31.4 Å². The number of ether oxygens (including phenoxy) is 1. The highest BCUT2D eigenvalue weighted by atomic mass is 32.2. The number of nitrogens with one attached hydrogen (secondary N) is 2. The maximum absolute atomic E-state index is 13.0. The van der Waals surface area contributed by atoms with Gasteiger partial charge in [0.05, 0.1) is 4.90 Å². The summed E-state index contributed by atoms with van der Waals surface area (Å²) in [6.07, 6.45) is 3.63. The van der Waals surface area contributed by atoms with Gasteiger partial charge >= 0.3 is 0 Å². The van der Waals surface area contributed by atoms with Crippen LogP contribution in [0.25, 0.3) is 0 Å². The molecule has 3 unspecified atom stereocenters. The van der Waals surface area contributed by atoms with Gasteiger partial charge in [-0.2, -0.15) is 0 Å². The normalized spacial score (nSPS) is 21.4. The molecule has 2 N–H and O–H groups in total. The molecule has 1 saturated carbocycles. The smallest absolute Gasteiger partial charge is 0.262 e. The molecule has 0 heterocycles. The van der Waals surface area contributed by atoms with Gasteiger partial charge in [0.1, 0.15) is 5.75 Å². The summed E-state index contributed by atoms with van der Waals surface area (Å²) in [5.74, 6) is 0.939. The minimum Gasteiger partial charge on any atom is -0.484 e. The van der Waals surface area contributed by atoms with Crippen molar-refractivity contribution in [3.05, 3.63) is 90.0 Å². The molecule has 2 aliphatic carbocycles. The standard InChI is InChI=1S/C27H28N2O4S/c30-26(18-33-24-7-3-1-4-8-24)28-23-14-13-19-15-20-11-12-21(16-22(19)17-23)27(20)29-34(31,32)25-9-5-2-6-10-25/h1-10,13-14,17,20-21,27,29H,11-12,15-16,18H2,(H,28,30). The van der Waals surface area contributed by atoms with Crippen LogP contribution in [0.15, 0.2) is 83.8 Å². The SMILES string of the molecule is O=C(COc1ccccc1)Nc1ccc2c(c1)CC1CCC(C2)C1NS(=O)(=O)c1ccccc1. The molecule has 0 saturated heterocycles. The van der Waals surface area contributed by atoms with Crippen molar-refractivity contribution in [2.45, 2.75) is 36.6 Å². The maximum atomic E-state index is 13.0. The number of carbonyl (C=O) groups is 1. The van der Waals surface area contributed by atoms with E-state index in [1.165, 1.54) is 11.1 Å². The average molecular weight is 477 g/mol. The van der Waals surface area contributed by atoms with E-state index in [-0.39, 0.29) is 30.4 Å². The number of hydrogen-bond acceptors (Lipinski definition) is 4. The number of benzene rings is 3. The van der Waals surface area contributed by atoms with Crippen molar-refractivity contribution in [2.24, 2.45) is 11.8 Å². The zero-order chi connectivity index (χ0) is 23.5. The molecule has 3 atom stereocenters. The molecule has 6 nitrogen and oxygen atoms in total. The molecular formula is C27H28N2O4S. The van der Waals surface area contributed by atoms with Gasteiger partial charge in [-0.05, 0) is 85.0 Å².